The molecular weight excluding hydrogens is 458 g/mol. The van der Waals surface area contributed by atoms with E-state index >= 15 is 0 Å². The number of carbonyl (C=O) groups is 4. The molecular formula is C23H31N5O5S. The lowest BCUT2D eigenvalue weighted by atomic mass is 10.0. The molecule has 2 heterocycles. The maximum atomic E-state index is 13.2. The summed E-state index contributed by atoms with van der Waals surface area (Å²) in [5.74, 6) is -1.85. The molecule has 0 bridgehead atoms. The highest BCUT2D eigenvalue weighted by Crippen LogP contribution is 2.19. The standard InChI is InChI=1S/C23H31N5O5S/c1-34-10-8-18(27-22(32)17-7-4-9-24-17)23(33)28-19(21(31)26-13-20(29)30)11-14-12-25-16-6-3-2-5-15(14)16/h2-3,5-6,12,17-19,24-25H,4,7-11,13H2,1H3,(H,26,31)(H,27,32)(H,28,33)(H,29,30). The summed E-state index contributed by atoms with van der Waals surface area (Å²) in [4.78, 5) is 52.7. The SMILES string of the molecule is CSCCC(NC(=O)C1CCCN1)C(=O)NC(Cc1c[nH]c2ccccc12)C(=O)NCC(=O)O. The van der Waals surface area contributed by atoms with E-state index in [-0.39, 0.29) is 18.4 Å². The van der Waals surface area contributed by atoms with E-state index in [1.54, 1.807) is 18.0 Å². The molecule has 0 radical (unpaired) electrons. The third kappa shape index (κ3) is 6.97. The minimum absolute atomic E-state index is 0.161. The number of aromatic amines is 1. The first-order valence-electron chi connectivity index (χ1n) is 11.3. The number of para-hydroxylation sites is 1. The summed E-state index contributed by atoms with van der Waals surface area (Å²) < 4.78 is 0. The van der Waals surface area contributed by atoms with Crippen molar-refractivity contribution < 1.29 is 24.3 Å². The van der Waals surface area contributed by atoms with Gasteiger partial charge in [-0.05, 0) is 49.4 Å². The van der Waals surface area contributed by atoms with E-state index in [0.717, 1.165) is 29.4 Å². The van der Waals surface area contributed by atoms with E-state index in [9.17, 15) is 19.2 Å². The van der Waals surface area contributed by atoms with Gasteiger partial charge in [-0.2, -0.15) is 11.8 Å². The Morgan fingerprint density at radius 2 is 1.94 bits per heavy atom. The number of thioether (sulfide) groups is 1. The van der Waals surface area contributed by atoms with Gasteiger partial charge in [0.05, 0.1) is 6.04 Å². The van der Waals surface area contributed by atoms with E-state index in [1.165, 1.54) is 0 Å². The molecule has 1 aliphatic heterocycles. The Morgan fingerprint density at radius 3 is 2.65 bits per heavy atom. The Kier molecular flexibility index (Phi) is 9.34. The largest absolute Gasteiger partial charge is 0.480 e. The molecule has 34 heavy (non-hydrogen) atoms. The number of fused-ring (bicyclic) bond motifs is 1. The van der Waals surface area contributed by atoms with Gasteiger partial charge in [-0.15, -0.1) is 0 Å². The van der Waals surface area contributed by atoms with Crippen LogP contribution in [0.3, 0.4) is 0 Å². The Labute approximate surface area is 202 Å². The van der Waals surface area contributed by atoms with Crippen LogP contribution in [0.25, 0.3) is 10.9 Å². The Bertz CT molecular complexity index is 1020. The lowest BCUT2D eigenvalue weighted by Crippen LogP contribution is -2.56. The summed E-state index contributed by atoms with van der Waals surface area (Å²) in [5, 5.41) is 20.9. The van der Waals surface area contributed by atoms with Crippen LogP contribution in [-0.2, 0) is 25.6 Å². The average Bonchev–Trinajstić information content (AvgIpc) is 3.50. The summed E-state index contributed by atoms with van der Waals surface area (Å²) in [6, 6.07) is 5.44. The number of carboxylic acids is 1. The predicted octanol–water partition coefficient (Wildman–Crippen LogP) is 0.386. The molecule has 1 aromatic carbocycles. The molecule has 10 nitrogen and oxygen atoms in total. The monoisotopic (exact) mass is 489 g/mol. The van der Waals surface area contributed by atoms with Gasteiger partial charge in [0.25, 0.3) is 0 Å². The average molecular weight is 490 g/mol. The van der Waals surface area contributed by atoms with Crippen molar-refractivity contribution in [1.82, 2.24) is 26.3 Å². The Morgan fingerprint density at radius 1 is 1.15 bits per heavy atom. The van der Waals surface area contributed by atoms with Gasteiger partial charge in [-0.1, -0.05) is 18.2 Å². The molecule has 0 spiro atoms. The summed E-state index contributed by atoms with van der Waals surface area (Å²) in [5.41, 5.74) is 1.70. The molecule has 184 valence electrons. The second-order valence-corrected chi connectivity index (χ2v) is 9.21. The maximum Gasteiger partial charge on any atom is 0.322 e. The van der Waals surface area contributed by atoms with Crippen LogP contribution in [0.15, 0.2) is 30.5 Å². The molecule has 1 aliphatic rings. The molecule has 3 amide bonds. The zero-order valence-electron chi connectivity index (χ0n) is 19.1. The lowest BCUT2D eigenvalue weighted by Gasteiger charge is -2.24. The number of hydrogen-bond donors (Lipinski definition) is 6. The summed E-state index contributed by atoms with van der Waals surface area (Å²) in [7, 11) is 0. The summed E-state index contributed by atoms with van der Waals surface area (Å²) in [6.45, 7) is 0.204. The number of nitrogens with one attached hydrogen (secondary N) is 5. The topological polar surface area (TPSA) is 152 Å². The normalized spacial score (nSPS) is 17.1. The van der Waals surface area contributed by atoms with Gasteiger partial charge in [-0.25, -0.2) is 0 Å². The van der Waals surface area contributed by atoms with E-state index in [0.29, 0.717) is 18.6 Å². The molecule has 11 heteroatoms. The highest BCUT2D eigenvalue weighted by atomic mass is 32.2. The third-order valence-corrected chi connectivity index (χ3v) is 6.41. The molecule has 2 aromatic rings. The first kappa shape index (κ1) is 25.6. The quantitative estimate of drug-likeness (QED) is 0.252. The van der Waals surface area contributed by atoms with Gasteiger partial charge in [0.2, 0.25) is 17.7 Å². The Balaban J connectivity index is 1.75. The zero-order valence-corrected chi connectivity index (χ0v) is 19.9. The third-order valence-electron chi connectivity index (χ3n) is 5.77. The summed E-state index contributed by atoms with van der Waals surface area (Å²) in [6.07, 6.45) is 5.86. The number of aromatic nitrogens is 1. The van der Waals surface area contributed by atoms with Crippen molar-refractivity contribution in [3.63, 3.8) is 0 Å². The van der Waals surface area contributed by atoms with Gasteiger partial charge in [0.1, 0.15) is 18.6 Å². The van der Waals surface area contributed by atoms with Gasteiger partial charge < -0.3 is 31.4 Å². The molecule has 0 aliphatic carbocycles. The fourth-order valence-electron chi connectivity index (χ4n) is 3.97. The number of carboxylic acid groups (broad SMARTS) is 1. The van der Waals surface area contributed by atoms with Crippen molar-refractivity contribution in [3.05, 3.63) is 36.0 Å². The minimum Gasteiger partial charge on any atom is -0.480 e. The fourth-order valence-corrected chi connectivity index (χ4v) is 4.44. The highest BCUT2D eigenvalue weighted by Gasteiger charge is 2.30. The van der Waals surface area contributed by atoms with Crippen LogP contribution in [-0.4, -0.2) is 77.0 Å². The van der Waals surface area contributed by atoms with E-state index in [1.807, 2.05) is 30.5 Å². The van der Waals surface area contributed by atoms with Crippen LogP contribution in [0.1, 0.15) is 24.8 Å². The maximum absolute atomic E-state index is 13.2. The summed E-state index contributed by atoms with van der Waals surface area (Å²) >= 11 is 1.55. The van der Waals surface area contributed by atoms with Crippen LogP contribution in [0.2, 0.25) is 0 Å². The number of carbonyl (C=O) groups excluding carboxylic acids is 3. The molecule has 3 rings (SSSR count). The first-order valence-corrected chi connectivity index (χ1v) is 12.7. The van der Waals surface area contributed by atoms with Crippen LogP contribution in [0.5, 0.6) is 0 Å². The van der Waals surface area contributed by atoms with E-state index < -0.39 is 36.4 Å². The molecule has 3 unspecified atom stereocenters. The van der Waals surface area contributed by atoms with Crippen molar-refractivity contribution in [2.24, 2.45) is 0 Å². The van der Waals surface area contributed by atoms with Crippen LogP contribution in [0, 0.1) is 0 Å². The second-order valence-electron chi connectivity index (χ2n) is 8.23. The second kappa shape index (κ2) is 12.4. The van der Waals surface area contributed by atoms with Gasteiger partial charge in [-0.3, -0.25) is 19.2 Å². The van der Waals surface area contributed by atoms with E-state index in [4.69, 9.17) is 5.11 Å². The molecule has 1 saturated heterocycles. The van der Waals surface area contributed by atoms with Crippen LogP contribution < -0.4 is 21.3 Å². The number of benzene rings is 1. The number of aliphatic carboxylic acids is 1. The van der Waals surface area contributed by atoms with E-state index in [2.05, 4.69) is 26.3 Å². The number of H-pyrrole nitrogens is 1. The highest BCUT2D eigenvalue weighted by molar-refractivity contribution is 7.98. The van der Waals surface area contributed by atoms with Gasteiger partial charge >= 0.3 is 5.97 Å². The molecule has 1 fully saturated rings. The number of amides is 3. The van der Waals surface area contributed by atoms with Crippen molar-refractivity contribution in [2.75, 3.05) is 25.1 Å². The van der Waals surface area contributed by atoms with Crippen molar-refractivity contribution in [2.45, 2.75) is 43.8 Å². The minimum atomic E-state index is -1.18. The fraction of sp³-hybridized carbons (Fsp3) is 0.478. The van der Waals surface area contributed by atoms with Crippen molar-refractivity contribution in [1.29, 1.82) is 0 Å². The molecule has 1 aromatic heterocycles. The van der Waals surface area contributed by atoms with Gasteiger partial charge in [0.15, 0.2) is 0 Å². The number of hydrogen-bond acceptors (Lipinski definition) is 6. The number of rotatable bonds is 12. The smallest absolute Gasteiger partial charge is 0.322 e. The van der Waals surface area contributed by atoms with Crippen LogP contribution in [0.4, 0.5) is 0 Å². The van der Waals surface area contributed by atoms with Gasteiger partial charge in [0, 0.05) is 23.5 Å². The molecule has 0 saturated carbocycles. The first-order chi connectivity index (χ1) is 16.4. The molecule has 6 N–H and O–H groups in total. The van der Waals surface area contributed by atoms with Crippen molar-refractivity contribution in [3.8, 4) is 0 Å². The zero-order chi connectivity index (χ0) is 24.5. The Hall–Kier alpha value is -3.05. The van der Waals surface area contributed by atoms with Crippen molar-refractivity contribution >= 4 is 46.4 Å². The lowest BCUT2D eigenvalue weighted by molar-refractivity contribution is -0.138. The predicted molar refractivity (Wildman–Crippen MR) is 131 cm³/mol. The van der Waals surface area contributed by atoms with Crippen LogP contribution >= 0.6 is 11.8 Å². The molecule has 3 atom stereocenters.